The first-order valence-corrected chi connectivity index (χ1v) is 8.06. The van der Waals surface area contributed by atoms with Gasteiger partial charge >= 0.3 is 0 Å². The molecule has 0 radical (unpaired) electrons. The first-order valence-electron chi connectivity index (χ1n) is 6.55. The number of halogens is 4. The minimum Gasteiger partial charge on any atom is -0.268 e. The highest BCUT2D eigenvalue weighted by molar-refractivity contribution is 6.42. The Morgan fingerprint density at radius 2 is 1.54 bits per heavy atom. The Balaban J connectivity index is 1.95. The van der Waals surface area contributed by atoms with E-state index in [0.717, 1.165) is 0 Å². The maximum absolute atomic E-state index is 12.0. The van der Waals surface area contributed by atoms with Crippen molar-refractivity contribution < 1.29 is 9.59 Å². The lowest BCUT2D eigenvalue weighted by atomic mass is 10.2. The second-order valence-electron chi connectivity index (χ2n) is 4.57. The van der Waals surface area contributed by atoms with E-state index in [9.17, 15) is 9.59 Å². The van der Waals surface area contributed by atoms with E-state index in [-0.39, 0.29) is 10.6 Å². The van der Waals surface area contributed by atoms with Gasteiger partial charge < -0.3 is 0 Å². The van der Waals surface area contributed by atoms with Crippen LogP contribution in [-0.4, -0.2) is 11.8 Å². The summed E-state index contributed by atoms with van der Waals surface area (Å²) < 4.78 is 0. The second-order valence-corrected chi connectivity index (χ2v) is 6.23. The molecule has 2 aromatic rings. The Bertz CT molecular complexity index is 822. The lowest BCUT2D eigenvalue weighted by Crippen LogP contribution is -2.40. The number of hydrogen-bond acceptors (Lipinski definition) is 2. The van der Waals surface area contributed by atoms with Crippen LogP contribution >= 0.6 is 46.4 Å². The van der Waals surface area contributed by atoms with E-state index in [2.05, 4.69) is 10.9 Å². The zero-order chi connectivity index (χ0) is 17.7. The Labute approximate surface area is 158 Å². The third-order valence-corrected chi connectivity index (χ3v) is 4.15. The lowest BCUT2D eigenvalue weighted by molar-refractivity contribution is -0.117. The zero-order valence-electron chi connectivity index (χ0n) is 11.9. The summed E-state index contributed by atoms with van der Waals surface area (Å²) in [5.74, 6) is -1.12. The molecule has 8 heteroatoms. The van der Waals surface area contributed by atoms with Crippen LogP contribution < -0.4 is 10.9 Å². The van der Waals surface area contributed by atoms with Gasteiger partial charge in [-0.05, 0) is 42.0 Å². The molecule has 4 nitrogen and oxygen atoms in total. The van der Waals surface area contributed by atoms with Crippen molar-refractivity contribution in [3.63, 3.8) is 0 Å². The van der Waals surface area contributed by atoms with Crippen LogP contribution in [0.1, 0.15) is 15.9 Å². The molecule has 0 aromatic heterocycles. The fourth-order valence-corrected chi connectivity index (χ4v) is 2.37. The van der Waals surface area contributed by atoms with E-state index in [1.54, 1.807) is 24.3 Å². The van der Waals surface area contributed by atoms with Gasteiger partial charge in [0.25, 0.3) is 11.8 Å². The number of hydrazine groups is 1. The minimum atomic E-state index is -0.584. The molecule has 2 N–H and O–H groups in total. The van der Waals surface area contributed by atoms with Crippen molar-refractivity contribution in [2.45, 2.75) is 0 Å². The largest absolute Gasteiger partial charge is 0.271 e. The average molecular weight is 404 g/mol. The molecule has 0 heterocycles. The monoisotopic (exact) mass is 402 g/mol. The number of carbonyl (C=O) groups excluding carboxylic acids is 2. The molecule has 0 unspecified atom stereocenters. The predicted octanol–water partition coefficient (Wildman–Crippen LogP) is 4.77. The molecule has 0 saturated heterocycles. The molecule has 2 amide bonds. The minimum absolute atomic E-state index is 0.151. The van der Waals surface area contributed by atoms with Crippen molar-refractivity contribution in [2.24, 2.45) is 0 Å². The first kappa shape index (κ1) is 18.6. The summed E-state index contributed by atoms with van der Waals surface area (Å²) in [5.41, 5.74) is 5.32. The van der Waals surface area contributed by atoms with Crippen molar-refractivity contribution in [1.82, 2.24) is 10.9 Å². The molecule has 0 aliphatic carbocycles. The molecule has 0 saturated carbocycles. The third kappa shape index (κ3) is 5.14. The number of benzene rings is 2. The number of carbonyl (C=O) groups is 2. The van der Waals surface area contributed by atoms with Crippen molar-refractivity contribution in [3.8, 4) is 0 Å². The second kappa shape index (κ2) is 8.40. The zero-order valence-corrected chi connectivity index (χ0v) is 15.0. The first-order chi connectivity index (χ1) is 11.4. The molecule has 2 rings (SSSR count). The predicted molar refractivity (Wildman–Crippen MR) is 97.6 cm³/mol. The van der Waals surface area contributed by atoms with E-state index >= 15 is 0 Å². The Hall–Kier alpha value is -1.72. The molecule has 0 aliphatic heterocycles. The van der Waals surface area contributed by atoms with Gasteiger partial charge in [-0.15, -0.1) is 0 Å². The Morgan fingerprint density at radius 1 is 0.833 bits per heavy atom. The summed E-state index contributed by atoms with van der Waals surface area (Å²) in [5, 5.41) is 1.37. The summed E-state index contributed by atoms with van der Waals surface area (Å²) in [6.45, 7) is 0. The SMILES string of the molecule is O=C(/C=C/c1ccc(Cl)c(Cl)c1)NNC(=O)c1cc(Cl)ccc1Cl. The molecule has 24 heavy (non-hydrogen) atoms. The van der Waals surface area contributed by atoms with Crippen LogP contribution in [0.25, 0.3) is 6.08 Å². The molecule has 124 valence electrons. The fourth-order valence-electron chi connectivity index (χ4n) is 1.69. The summed E-state index contributed by atoms with van der Waals surface area (Å²) in [4.78, 5) is 23.7. The van der Waals surface area contributed by atoms with Crippen molar-refractivity contribution in [1.29, 1.82) is 0 Å². The molecular formula is C16H10Cl4N2O2. The molecule has 0 spiro atoms. The molecule has 0 fully saturated rings. The van der Waals surface area contributed by atoms with E-state index in [0.29, 0.717) is 20.6 Å². The fraction of sp³-hybridized carbons (Fsp3) is 0. The van der Waals surface area contributed by atoms with Crippen molar-refractivity contribution in [3.05, 3.63) is 73.7 Å². The Morgan fingerprint density at radius 3 is 2.25 bits per heavy atom. The molecule has 2 aromatic carbocycles. The van der Waals surface area contributed by atoms with Gasteiger partial charge in [0.1, 0.15) is 0 Å². The normalized spacial score (nSPS) is 10.7. The highest BCUT2D eigenvalue weighted by atomic mass is 35.5. The highest BCUT2D eigenvalue weighted by Gasteiger charge is 2.11. The van der Waals surface area contributed by atoms with Gasteiger partial charge in [-0.25, -0.2) is 0 Å². The number of hydrogen-bond donors (Lipinski definition) is 2. The lowest BCUT2D eigenvalue weighted by Gasteiger charge is -2.07. The Kier molecular flexibility index (Phi) is 6.52. The number of rotatable bonds is 3. The third-order valence-electron chi connectivity index (χ3n) is 2.84. The van der Waals surface area contributed by atoms with Crippen LogP contribution in [0, 0.1) is 0 Å². The number of amides is 2. The molecule has 0 atom stereocenters. The maximum Gasteiger partial charge on any atom is 0.271 e. The smallest absolute Gasteiger partial charge is 0.268 e. The van der Waals surface area contributed by atoms with Crippen molar-refractivity contribution >= 4 is 64.3 Å². The standard InChI is InChI=1S/C16H10Cl4N2O2/c17-10-3-5-12(18)11(8-10)16(24)22-21-15(23)6-2-9-1-4-13(19)14(20)7-9/h1-8H,(H,21,23)(H,22,24)/b6-2+. The summed E-state index contributed by atoms with van der Waals surface area (Å²) in [6.07, 6.45) is 2.76. The van der Waals surface area contributed by atoms with Crippen molar-refractivity contribution in [2.75, 3.05) is 0 Å². The molecule has 0 aliphatic rings. The quantitative estimate of drug-likeness (QED) is 0.572. The van der Waals surface area contributed by atoms with Crippen LogP contribution in [0.4, 0.5) is 0 Å². The van der Waals surface area contributed by atoms with Crippen LogP contribution in [0.2, 0.25) is 20.1 Å². The summed E-state index contributed by atoms with van der Waals surface area (Å²) in [7, 11) is 0. The molecule has 0 bridgehead atoms. The highest BCUT2D eigenvalue weighted by Crippen LogP contribution is 2.23. The van der Waals surface area contributed by atoms with Crippen LogP contribution in [0.3, 0.4) is 0 Å². The van der Waals surface area contributed by atoms with Gasteiger partial charge in [0.05, 0.1) is 20.6 Å². The van der Waals surface area contributed by atoms with E-state index in [1.165, 1.54) is 24.3 Å². The van der Waals surface area contributed by atoms with Gasteiger partial charge in [0.15, 0.2) is 0 Å². The summed E-state index contributed by atoms with van der Waals surface area (Å²) >= 11 is 23.4. The summed E-state index contributed by atoms with van der Waals surface area (Å²) in [6, 6.07) is 9.37. The molecular weight excluding hydrogens is 394 g/mol. The average Bonchev–Trinajstić information content (AvgIpc) is 2.56. The van der Waals surface area contributed by atoms with Gasteiger partial charge in [0, 0.05) is 11.1 Å². The maximum atomic E-state index is 12.0. The number of nitrogens with one attached hydrogen (secondary N) is 2. The van der Waals surface area contributed by atoms with Gasteiger partial charge in [-0.2, -0.15) is 0 Å². The van der Waals surface area contributed by atoms with Crippen LogP contribution in [0.15, 0.2) is 42.5 Å². The van der Waals surface area contributed by atoms with Crippen LogP contribution in [0.5, 0.6) is 0 Å². The van der Waals surface area contributed by atoms with Crippen LogP contribution in [-0.2, 0) is 4.79 Å². The van der Waals surface area contributed by atoms with Gasteiger partial charge in [-0.3, -0.25) is 20.4 Å². The van der Waals surface area contributed by atoms with E-state index < -0.39 is 11.8 Å². The van der Waals surface area contributed by atoms with Gasteiger partial charge in [0.2, 0.25) is 0 Å². The van der Waals surface area contributed by atoms with Gasteiger partial charge in [-0.1, -0.05) is 52.5 Å². The van der Waals surface area contributed by atoms with E-state index in [4.69, 9.17) is 46.4 Å². The van der Waals surface area contributed by atoms with E-state index in [1.807, 2.05) is 0 Å². The topological polar surface area (TPSA) is 58.2 Å².